The van der Waals surface area contributed by atoms with E-state index < -0.39 is 18.6 Å². The number of benzene rings is 1. The molecule has 0 bridgehead atoms. The van der Waals surface area contributed by atoms with Gasteiger partial charge in [-0.15, -0.1) is 0 Å². The summed E-state index contributed by atoms with van der Waals surface area (Å²) in [6.45, 7) is 1.50. The molecule has 18 heavy (non-hydrogen) atoms. The first-order valence-corrected chi connectivity index (χ1v) is 5.63. The second kappa shape index (κ2) is 4.84. The molecule has 1 N–H and O–H groups in total. The molecule has 1 aromatic heterocycles. The summed E-state index contributed by atoms with van der Waals surface area (Å²) < 4.78 is 36.8. The summed E-state index contributed by atoms with van der Waals surface area (Å²) in [5.41, 5.74) is 0. The Morgan fingerprint density at radius 1 is 1.22 bits per heavy atom. The second-order valence-electron chi connectivity index (χ2n) is 4.25. The molecule has 5 heteroatoms. The first kappa shape index (κ1) is 12.7. The highest BCUT2D eigenvalue weighted by Crippen LogP contribution is 2.25. The standard InChI is InChI=1S/C13H13F3N2/c1-9(8-13(14,15)16)18-12-11-5-3-2-4-10(11)6-7-17-12/h2-7,9H,8H2,1H3,(H,17,18). The molecule has 1 aromatic carbocycles. The van der Waals surface area contributed by atoms with E-state index in [0.29, 0.717) is 5.82 Å². The summed E-state index contributed by atoms with van der Waals surface area (Å²) in [5.74, 6) is 0.491. The van der Waals surface area contributed by atoms with E-state index in [4.69, 9.17) is 0 Å². The zero-order chi connectivity index (χ0) is 13.2. The molecule has 2 rings (SSSR count). The summed E-state index contributed by atoms with van der Waals surface area (Å²) in [7, 11) is 0. The number of halogens is 3. The number of hydrogen-bond acceptors (Lipinski definition) is 2. The molecule has 96 valence electrons. The van der Waals surface area contributed by atoms with Crippen LogP contribution in [0.25, 0.3) is 10.8 Å². The van der Waals surface area contributed by atoms with Crippen molar-refractivity contribution in [2.45, 2.75) is 25.6 Å². The number of nitrogens with zero attached hydrogens (tertiary/aromatic N) is 1. The smallest absolute Gasteiger partial charge is 0.367 e. The van der Waals surface area contributed by atoms with Gasteiger partial charge in [0.15, 0.2) is 0 Å². The van der Waals surface area contributed by atoms with Gasteiger partial charge in [-0.1, -0.05) is 24.3 Å². The van der Waals surface area contributed by atoms with E-state index in [2.05, 4.69) is 10.3 Å². The summed E-state index contributed by atoms with van der Waals surface area (Å²) in [6, 6.07) is 8.58. The molecule has 0 saturated heterocycles. The van der Waals surface area contributed by atoms with Crippen molar-refractivity contribution in [1.82, 2.24) is 4.98 Å². The number of fused-ring (bicyclic) bond motifs is 1. The lowest BCUT2D eigenvalue weighted by atomic mass is 10.1. The number of pyridine rings is 1. The number of hydrogen-bond donors (Lipinski definition) is 1. The molecule has 0 amide bonds. The minimum atomic E-state index is -4.17. The van der Waals surface area contributed by atoms with Crippen molar-refractivity contribution in [3.63, 3.8) is 0 Å². The van der Waals surface area contributed by atoms with Gasteiger partial charge in [0, 0.05) is 17.6 Å². The molecule has 1 unspecified atom stereocenters. The van der Waals surface area contributed by atoms with E-state index in [0.717, 1.165) is 10.8 Å². The van der Waals surface area contributed by atoms with E-state index in [9.17, 15) is 13.2 Å². The lowest BCUT2D eigenvalue weighted by Crippen LogP contribution is -2.24. The van der Waals surface area contributed by atoms with Crippen LogP contribution in [-0.2, 0) is 0 Å². The van der Waals surface area contributed by atoms with E-state index in [1.54, 1.807) is 6.20 Å². The van der Waals surface area contributed by atoms with Crippen molar-refractivity contribution in [2.75, 3.05) is 5.32 Å². The molecule has 0 aliphatic carbocycles. The SMILES string of the molecule is CC(CC(F)(F)F)Nc1nccc2ccccc12. The van der Waals surface area contributed by atoms with Crippen LogP contribution in [0.2, 0.25) is 0 Å². The molecule has 2 nitrogen and oxygen atoms in total. The zero-order valence-corrected chi connectivity index (χ0v) is 9.83. The van der Waals surface area contributed by atoms with E-state index in [-0.39, 0.29) is 0 Å². The van der Waals surface area contributed by atoms with Gasteiger partial charge in [-0.25, -0.2) is 4.98 Å². The summed E-state index contributed by atoms with van der Waals surface area (Å²) in [4.78, 5) is 4.10. The van der Waals surface area contributed by atoms with Crippen molar-refractivity contribution in [3.05, 3.63) is 36.5 Å². The maximum atomic E-state index is 12.3. The fourth-order valence-electron chi connectivity index (χ4n) is 1.87. The van der Waals surface area contributed by atoms with Crippen LogP contribution in [-0.4, -0.2) is 17.2 Å². The van der Waals surface area contributed by atoms with Gasteiger partial charge in [-0.05, 0) is 18.4 Å². The van der Waals surface area contributed by atoms with Gasteiger partial charge in [-0.3, -0.25) is 0 Å². The average Bonchev–Trinajstić information content (AvgIpc) is 2.27. The number of alkyl halides is 3. The molecule has 2 aromatic rings. The molecule has 0 spiro atoms. The Hall–Kier alpha value is -1.78. The van der Waals surface area contributed by atoms with E-state index >= 15 is 0 Å². The van der Waals surface area contributed by atoms with Gasteiger partial charge in [-0.2, -0.15) is 13.2 Å². The summed E-state index contributed by atoms with van der Waals surface area (Å²) in [5, 5.41) is 4.59. The number of aromatic nitrogens is 1. The van der Waals surface area contributed by atoms with Gasteiger partial charge < -0.3 is 5.32 Å². The number of rotatable bonds is 3. The molecule has 0 saturated carbocycles. The lowest BCUT2D eigenvalue weighted by molar-refractivity contribution is -0.136. The Bertz CT molecular complexity index is 532. The Morgan fingerprint density at radius 3 is 2.67 bits per heavy atom. The van der Waals surface area contributed by atoms with Crippen LogP contribution in [0.1, 0.15) is 13.3 Å². The van der Waals surface area contributed by atoms with Crippen LogP contribution in [0.15, 0.2) is 36.5 Å². The van der Waals surface area contributed by atoms with Gasteiger partial charge >= 0.3 is 6.18 Å². The Balaban J connectivity index is 2.21. The Labute approximate surface area is 103 Å². The third kappa shape index (κ3) is 3.12. The number of anilines is 1. The highest BCUT2D eigenvalue weighted by atomic mass is 19.4. The monoisotopic (exact) mass is 254 g/mol. The molecule has 1 atom stereocenters. The van der Waals surface area contributed by atoms with Gasteiger partial charge in [0.25, 0.3) is 0 Å². The molecule has 0 aliphatic heterocycles. The van der Waals surface area contributed by atoms with Crippen LogP contribution < -0.4 is 5.32 Å². The maximum absolute atomic E-state index is 12.3. The summed E-state index contributed by atoms with van der Waals surface area (Å²) in [6.07, 6.45) is -3.46. The minimum Gasteiger partial charge on any atom is -0.367 e. The Morgan fingerprint density at radius 2 is 1.94 bits per heavy atom. The molecule has 0 fully saturated rings. The normalized spacial score (nSPS) is 13.6. The Kier molecular flexibility index (Phi) is 3.41. The largest absolute Gasteiger partial charge is 0.391 e. The first-order chi connectivity index (χ1) is 8.46. The average molecular weight is 254 g/mol. The molecule has 1 heterocycles. The van der Waals surface area contributed by atoms with Gasteiger partial charge in [0.1, 0.15) is 5.82 Å². The van der Waals surface area contributed by atoms with Gasteiger partial charge in [0.2, 0.25) is 0 Å². The zero-order valence-electron chi connectivity index (χ0n) is 9.83. The van der Waals surface area contributed by atoms with Crippen molar-refractivity contribution in [2.24, 2.45) is 0 Å². The lowest BCUT2D eigenvalue weighted by Gasteiger charge is -2.17. The van der Waals surface area contributed by atoms with Crippen LogP contribution in [0.4, 0.5) is 19.0 Å². The van der Waals surface area contributed by atoms with Crippen LogP contribution >= 0.6 is 0 Å². The van der Waals surface area contributed by atoms with Crippen LogP contribution in [0, 0.1) is 0 Å². The van der Waals surface area contributed by atoms with E-state index in [1.165, 1.54) is 6.92 Å². The fraction of sp³-hybridized carbons (Fsp3) is 0.308. The summed E-state index contributed by atoms with van der Waals surface area (Å²) >= 11 is 0. The molecular formula is C13H13F3N2. The van der Waals surface area contributed by atoms with Crippen LogP contribution in [0.3, 0.4) is 0 Å². The quantitative estimate of drug-likeness (QED) is 0.895. The van der Waals surface area contributed by atoms with Gasteiger partial charge in [0.05, 0.1) is 6.42 Å². The second-order valence-corrected chi connectivity index (χ2v) is 4.25. The van der Waals surface area contributed by atoms with Crippen molar-refractivity contribution >= 4 is 16.6 Å². The van der Waals surface area contributed by atoms with Crippen molar-refractivity contribution in [1.29, 1.82) is 0 Å². The van der Waals surface area contributed by atoms with Crippen LogP contribution in [0.5, 0.6) is 0 Å². The molecule has 0 radical (unpaired) electrons. The topological polar surface area (TPSA) is 24.9 Å². The molecular weight excluding hydrogens is 241 g/mol. The molecule has 0 aliphatic rings. The number of nitrogens with one attached hydrogen (secondary N) is 1. The third-order valence-electron chi connectivity index (χ3n) is 2.59. The predicted octanol–water partition coefficient (Wildman–Crippen LogP) is 3.99. The first-order valence-electron chi connectivity index (χ1n) is 5.63. The third-order valence-corrected chi connectivity index (χ3v) is 2.59. The highest BCUT2D eigenvalue weighted by molar-refractivity contribution is 5.91. The van der Waals surface area contributed by atoms with E-state index in [1.807, 2.05) is 30.3 Å². The highest BCUT2D eigenvalue weighted by Gasteiger charge is 2.30. The minimum absolute atomic E-state index is 0.491. The predicted molar refractivity (Wildman–Crippen MR) is 65.5 cm³/mol. The maximum Gasteiger partial charge on any atom is 0.391 e. The van der Waals surface area contributed by atoms with Crippen molar-refractivity contribution < 1.29 is 13.2 Å². The van der Waals surface area contributed by atoms with Crippen molar-refractivity contribution in [3.8, 4) is 0 Å². The fourth-order valence-corrected chi connectivity index (χ4v) is 1.87.